The number of carbonyl (C=O) groups is 1. The highest BCUT2D eigenvalue weighted by Crippen LogP contribution is 2.46. The molecule has 0 unspecified atom stereocenters. The van der Waals surface area contributed by atoms with Crippen LogP contribution in [0, 0.1) is 0 Å². The summed E-state index contributed by atoms with van der Waals surface area (Å²) in [7, 11) is 0. The third-order valence-corrected chi connectivity index (χ3v) is 6.37. The van der Waals surface area contributed by atoms with Crippen molar-refractivity contribution in [2.45, 2.75) is 24.8 Å². The summed E-state index contributed by atoms with van der Waals surface area (Å²) in [5, 5.41) is 1.97. The molecule has 4 rings (SSSR count). The third-order valence-electron chi connectivity index (χ3n) is 5.44. The molecule has 0 aliphatic carbocycles. The molecule has 2 aromatic rings. The van der Waals surface area contributed by atoms with Crippen LogP contribution in [0.25, 0.3) is 5.57 Å². The molecule has 1 fully saturated rings. The molecule has 1 spiro atoms. The molecule has 0 radical (unpaired) electrons. The average molecular weight is 354 g/mol. The zero-order valence-electron chi connectivity index (χ0n) is 14.2. The second-order valence-electron chi connectivity index (χ2n) is 6.85. The molecule has 3 heterocycles. The SMILES string of the molecule is C=C(C(=O)N1CCC2(CC1)COc1ccc(CN)cc12)c1cccs1. The summed E-state index contributed by atoms with van der Waals surface area (Å²) < 4.78 is 5.93. The predicted molar refractivity (Wildman–Crippen MR) is 101 cm³/mol. The average Bonchev–Trinajstić information content (AvgIpc) is 3.30. The molecule has 4 nitrogen and oxygen atoms in total. The Kier molecular flexibility index (Phi) is 4.13. The fourth-order valence-corrected chi connectivity index (χ4v) is 4.53. The number of likely N-dealkylation sites (tertiary alicyclic amines) is 1. The summed E-state index contributed by atoms with van der Waals surface area (Å²) in [5.41, 5.74) is 8.81. The van der Waals surface area contributed by atoms with Gasteiger partial charge in [0.15, 0.2) is 0 Å². The number of hydrogen-bond acceptors (Lipinski definition) is 4. The van der Waals surface area contributed by atoms with E-state index in [1.807, 2.05) is 34.5 Å². The van der Waals surface area contributed by atoms with Gasteiger partial charge in [-0.2, -0.15) is 0 Å². The van der Waals surface area contributed by atoms with E-state index in [-0.39, 0.29) is 11.3 Å². The lowest BCUT2D eigenvalue weighted by atomic mass is 9.74. The fourth-order valence-electron chi connectivity index (χ4n) is 3.84. The van der Waals surface area contributed by atoms with Gasteiger partial charge in [0.05, 0.1) is 6.61 Å². The van der Waals surface area contributed by atoms with Gasteiger partial charge in [0.25, 0.3) is 5.91 Å². The van der Waals surface area contributed by atoms with Crippen LogP contribution in [0.3, 0.4) is 0 Å². The number of ether oxygens (including phenoxy) is 1. The Morgan fingerprint density at radius 3 is 2.80 bits per heavy atom. The maximum Gasteiger partial charge on any atom is 0.254 e. The normalized spacial score (nSPS) is 18.0. The van der Waals surface area contributed by atoms with E-state index in [9.17, 15) is 4.79 Å². The van der Waals surface area contributed by atoms with Gasteiger partial charge in [0, 0.05) is 41.1 Å². The number of nitrogens with zero attached hydrogens (tertiary/aromatic N) is 1. The van der Waals surface area contributed by atoms with Crippen LogP contribution < -0.4 is 10.5 Å². The van der Waals surface area contributed by atoms with Crippen molar-refractivity contribution in [1.82, 2.24) is 4.90 Å². The van der Waals surface area contributed by atoms with Gasteiger partial charge in [0.2, 0.25) is 0 Å². The molecule has 25 heavy (non-hydrogen) atoms. The first-order chi connectivity index (χ1) is 12.1. The van der Waals surface area contributed by atoms with Gasteiger partial charge in [-0.25, -0.2) is 0 Å². The highest BCUT2D eigenvalue weighted by atomic mass is 32.1. The van der Waals surface area contributed by atoms with Crippen molar-refractivity contribution < 1.29 is 9.53 Å². The molecule has 1 amide bonds. The van der Waals surface area contributed by atoms with E-state index in [4.69, 9.17) is 10.5 Å². The zero-order valence-corrected chi connectivity index (χ0v) is 15.0. The van der Waals surface area contributed by atoms with Gasteiger partial charge < -0.3 is 15.4 Å². The topological polar surface area (TPSA) is 55.6 Å². The Hall–Kier alpha value is -2.11. The maximum absolute atomic E-state index is 12.7. The minimum atomic E-state index is 0.0154. The van der Waals surface area contributed by atoms with Crippen molar-refractivity contribution in [3.63, 3.8) is 0 Å². The summed E-state index contributed by atoms with van der Waals surface area (Å²) >= 11 is 1.56. The number of rotatable bonds is 3. The van der Waals surface area contributed by atoms with Crippen LogP contribution in [0.1, 0.15) is 28.8 Å². The van der Waals surface area contributed by atoms with Gasteiger partial charge in [-0.15, -0.1) is 11.3 Å². The lowest BCUT2D eigenvalue weighted by molar-refractivity contribution is -0.126. The lowest BCUT2D eigenvalue weighted by Crippen LogP contribution is -2.46. The monoisotopic (exact) mass is 354 g/mol. The summed E-state index contributed by atoms with van der Waals surface area (Å²) in [6.45, 7) is 6.71. The van der Waals surface area contributed by atoms with Crippen molar-refractivity contribution in [2.75, 3.05) is 19.7 Å². The number of amides is 1. The Bertz CT molecular complexity index is 805. The fraction of sp³-hybridized carbons (Fsp3) is 0.350. The van der Waals surface area contributed by atoms with Gasteiger partial charge in [0.1, 0.15) is 5.75 Å². The second kappa shape index (κ2) is 6.32. The predicted octanol–water partition coefficient (Wildman–Crippen LogP) is 3.17. The summed E-state index contributed by atoms with van der Waals surface area (Å²) in [6, 6.07) is 10.1. The van der Waals surface area contributed by atoms with Gasteiger partial charge in [-0.05, 0) is 35.9 Å². The van der Waals surface area contributed by atoms with E-state index < -0.39 is 0 Å². The van der Waals surface area contributed by atoms with E-state index in [1.54, 1.807) is 11.3 Å². The standard InChI is InChI=1S/C20H22N2O2S/c1-14(18-3-2-10-25-18)19(23)22-8-6-20(7-9-22)13-24-17-5-4-15(12-21)11-16(17)20/h2-5,10-11H,1,6-9,12-13,21H2. The lowest BCUT2D eigenvalue weighted by Gasteiger charge is -2.38. The van der Waals surface area contributed by atoms with Crippen molar-refractivity contribution >= 4 is 22.8 Å². The van der Waals surface area contributed by atoms with Gasteiger partial charge in [-0.1, -0.05) is 24.8 Å². The van der Waals surface area contributed by atoms with E-state index in [1.165, 1.54) is 5.56 Å². The summed E-state index contributed by atoms with van der Waals surface area (Å²) in [5.74, 6) is 1.02. The van der Waals surface area contributed by atoms with Crippen molar-refractivity contribution in [3.8, 4) is 5.75 Å². The number of fused-ring (bicyclic) bond motifs is 2. The zero-order chi connectivity index (χ0) is 17.4. The molecule has 0 saturated carbocycles. The van der Waals surface area contributed by atoms with Crippen LogP contribution in [0.5, 0.6) is 5.75 Å². The first kappa shape index (κ1) is 16.4. The molecule has 2 aliphatic rings. The molecule has 1 aromatic heterocycles. The quantitative estimate of drug-likeness (QED) is 0.862. The van der Waals surface area contributed by atoms with Crippen LogP contribution >= 0.6 is 11.3 Å². The van der Waals surface area contributed by atoms with Crippen molar-refractivity contribution in [2.24, 2.45) is 5.73 Å². The number of nitrogens with two attached hydrogens (primary N) is 1. The Labute approximate surface area is 151 Å². The Morgan fingerprint density at radius 1 is 1.32 bits per heavy atom. The van der Waals surface area contributed by atoms with E-state index in [0.717, 1.165) is 42.1 Å². The minimum Gasteiger partial charge on any atom is -0.492 e. The molecule has 5 heteroatoms. The molecule has 130 valence electrons. The molecular weight excluding hydrogens is 332 g/mol. The smallest absolute Gasteiger partial charge is 0.254 e. The van der Waals surface area contributed by atoms with Crippen LogP contribution in [0.15, 0.2) is 42.3 Å². The highest BCUT2D eigenvalue weighted by molar-refractivity contribution is 7.11. The third kappa shape index (κ3) is 2.77. The summed E-state index contributed by atoms with van der Waals surface area (Å²) in [6.07, 6.45) is 1.83. The van der Waals surface area contributed by atoms with Crippen molar-refractivity contribution in [1.29, 1.82) is 0 Å². The number of benzene rings is 1. The van der Waals surface area contributed by atoms with Crippen LogP contribution in [0.2, 0.25) is 0 Å². The molecular formula is C20H22N2O2S. The van der Waals surface area contributed by atoms with Crippen LogP contribution in [-0.4, -0.2) is 30.5 Å². The molecule has 2 aliphatic heterocycles. The van der Waals surface area contributed by atoms with E-state index >= 15 is 0 Å². The highest BCUT2D eigenvalue weighted by Gasteiger charge is 2.44. The van der Waals surface area contributed by atoms with Crippen molar-refractivity contribution in [3.05, 3.63) is 58.3 Å². The number of thiophene rings is 1. The van der Waals surface area contributed by atoms with E-state index in [0.29, 0.717) is 18.7 Å². The maximum atomic E-state index is 12.7. The molecule has 0 atom stereocenters. The first-order valence-corrected chi connectivity index (χ1v) is 9.49. The van der Waals surface area contributed by atoms with Gasteiger partial charge in [-0.3, -0.25) is 4.79 Å². The largest absolute Gasteiger partial charge is 0.492 e. The molecule has 1 saturated heterocycles. The van der Waals surface area contributed by atoms with Crippen LogP contribution in [0.4, 0.5) is 0 Å². The molecule has 0 bridgehead atoms. The molecule has 2 N–H and O–H groups in total. The second-order valence-corrected chi connectivity index (χ2v) is 7.80. The Morgan fingerprint density at radius 2 is 2.12 bits per heavy atom. The van der Waals surface area contributed by atoms with E-state index in [2.05, 4.69) is 12.6 Å². The number of carbonyl (C=O) groups excluding carboxylic acids is 1. The first-order valence-electron chi connectivity index (χ1n) is 8.61. The number of hydrogen-bond donors (Lipinski definition) is 1. The Balaban J connectivity index is 1.49. The number of piperidine rings is 1. The van der Waals surface area contributed by atoms with Crippen LogP contribution in [-0.2, 0) is 16.8 Å². The van der Waals surface area contributed by atoms with Gasteiger partial charge >= 0.3 is 0 Å². The minimum absolute atomic E-state index is 0.0154. The molecule has 1 aromatic carbocycles. The summed E-state index contributed by atoms with van der Waals surface area (Å²) in [4.78, 5) is 15.6.